The molecule has 0 saturated carbocycles. The van der Waals surface area contributed by atoms with Gasteiger partial charge in [-0.2, -0.15) is 0 Å². The summed E-state index contributed by atoms with van der Waals surface area (Å²) in [5.74, 6) is 1.61. The number of nitrogens with one attached hydrogen (secondary N) is 2. The van der Waals surface area contributed by atoms with Gasteiger partial charge < -0.3 is 10.6 Å². The zero-order valence-corrected chi connectivity index (χ0v) is 15.7. The minimum Gasteiger partial charge on any atom is -0.380 e. The minimum atomic E-state index is -0.0991. The molecule has 1 aromatic carbocycles. The Balaban J connectivity index is 1.71. The first-order valence-electron chi connectivity index (χ1n) is 9.07. The number of aryl methyl sites for hydroxylation is 1. The van der Waals surface area contributed by atoms with Crippen LogP contribution in [0.4, 0.5) is 4.39 Å². The number of unbranched alkanes of at least 4 members (excludes halogenated alkanes) is 1. The summed E-state index contributed by atoms with van der Waals surface area (Å²) in [4.78, 5) is 0. The quantitative estimate of drug-likeness (QED) is 0.480. The van der Waals surface area contributed by atoms with Gasteiger partial charge in [0.15, 0.2) is 0 Å². The van der Waals surface area contributed by atoms with Crippen molar-refractivity contribution < 1.29 is 4.39 Å². The van der Waals surface area contributed by atoms with E-state index < -0.39 is 0 Å². The molecule has 1 aliphatic heterocycles. The lowest BCUT2D eigenvalue weighted by Gasteiger charge is -2.22. The van der Waals surface area contributed by atoms with Gasteiger partial charge in [-0.05, 0) is 68.1 Å². The number of rotatable bonds is 10. The van der Waals surface area contributed by atoms with Crippen LogP contribution in [0.1, 0.15) is 43.2 Å². The smallest absolute Gasteiger partial charge is 0.127 e. The van der Waals surface area contributed by atoms with Gasteiger partial charge in [-0.3, -0.25) is 0 Å². The second-order valence-electron chi connectivity index (χ2n) is 6.76. The Kier molecular flexibility index (Phi) is 8.68. The summed E-state index contributed by atoms with van der Waals surface area (Å²) >= 11 is 1.70. The van der Waals surface area contributed by atoms with Crippen molar-refractivity contribution in [2.24, 2.45) is 5.92 Å². The third kappa shape index (κ3) is 6.86. The second-order valence-corrected chi connectivity index (χ2v) is 7.62. The van der Waals surface area contributed by atoms with Gasteiger partial charge in [0, 0.05) is 12.1 Å². The van der Waals surface area contributed by atoms with Crippen LogP contribution >= 0.6 is 11.8 Å². The molecular formula is C20H31FN2S. The molecule has 1 fully saturated rings. The Bertz CT molecular complexity index is 512. The Morgan fingerprint density at radius 2 is 2.12 bits per heavy atom. The van der Waals surface area contributed by atoms with Crippen molar-refractivity contribution in [1.82, 2.24) is 10.6 Å². The largest absolute Gasteiger partial charge is 0.380 e. The molecule has 1 saturated heterocycles. The van der Waals surface area contributed by atoms with Gasteiger partial charge in [-0.25, -0.2) is 4.39 Å². The van der Waals surface area contributed by atoms with Crippen LogP contribution in [0.2, 0.25) is 0 Å². The lowest BCUT2D eigenvalue weighted by Crippen LogP contribution is -2.27. The number of piperidine rings is 1. The number of thioether (sulfide) groups is 1. The molecule has 0 atom stereocenters. The monoisotopic (exact) mass is 350 g/mol. The summed E-state index contributed by atoms with van der Waals surface area (Å²) in [6.07, 6.45) is 9.93. The van der Waals surface area contributed by atoms with E-state index in [1.54, 1.807) is 17.8 Å². The van der Waals surface area contributed by atoms with E-state index >= 15 is 0 Å². The highest BCUT2D eigenvalue weighted by molar-refractivity contribution is 7.98. The van der Waals surface area contributed by atoms with E-state index in [4.69, 9.17) is 0 Å². The van der Waals surface area contributed by atoms with Gasteiger partial charge in [0.05, 0.1) is 5.88 Å². The Labute approximate surface area is 150 Å². The molecule has 1 heterocycles. The van der Waals surface area contributed by atoms with E-state index in [1.165, 1.54) is 38.8 Å². The number of benzene rings is 1. The van der Waals surface area contributed by atoms with E-state index in [9.17, 15) is 4.39 Å². The molecule has 2 N–H and O–H groups in total. The predicted octanol–water partition coefficient (Wildman–Crippen LogP) is 4.50. The molecule has 0 amide bonds. The van der Waals surface area contributed by atoms with Crippen LogP contribution in [0.15, 0.2) is 30.5 Å². The molecule has 0 radical (unpaired) electrons. The fraction of sp³-hybridized carbons (Fsp3) is 0.600. The third-order valence-electron chi connectivity index (χ3n) is 4.77. The van der Waals surface area contributed by atoms with Crippen molar-refractivity contribution >= 4 is 11.8 Å². The molecule has 2 rings (SSSR count). The van der Waals surface area contributed by atoms with Gasteiger partial charge in [-0.1, -0.05) is 31.6 Å². The lowest BCUT2D eigenvalue weighted by atomic mass is 9.91. The highest BCUT2D eigenvalue weighted by Gasteiger charge is 2.12. The van der Waals surface area contributed by atoms with Crippen LogP contribution in [0, 0.1) is 11.7 Å². The van der Waals surface area contributed by atoms with Gasteiger partial charge in [0.2, 0.25) is 0 Å². The summed E-state index contributed by atoms with van der Waals surface area (Å²) in [6.45, 7) is 6.31. The van der Waals surface area contributed by atoms with E-state index in [0.717, 1.165) is 41.5 Å². The van der Waals surface area contributed by atoms with E-state index in [-0.39, 0.29) is 5.82 Å². The van der Waals surface area contributed by atoms with Crippen LogP contribution in [0.5, 0.6) is 0 Å². The van der Waals surface area contributed by atoms with Crippen molar-refractivity contribution in [3.63, 3.8) is 0 Å². The Morgan fingerprint density at radius 3 is 2.83 bits per heavy atom. The molecule has 0 bridgehead atoms. The molecule has 1 aromatic rings. The average molecular weight is 351 g/mol. The molecule has 2 nitrogen and oxygen atoms in total. The molecule has 134 valence electrons. The van der Waals surface area contributed by atoms with E-state index in [0.29, 0.717) is 6.42 Å². The van der Waals surface area contributed by atoms with Crippen LogP contribution in [-0.4, -0.2) is 25.2 Å². The first kappa shape index (κ1) is 19.3. The Morgan fingerprint density at radius 1 is 1.33 bits per heavy atom. The maximum atomic E-state index is 14.3. The number of allylic oxidation sites excluding steroid dienone is 1. The number of halogens is 1. The zero-order valence-electron chi connectivity index (χ0n) is 14.9. The van der Waals surface area contributed by atoms with E-state index in [2.05, 4.69) is 23.3 Å². The maximum absolute atomic E-state index is 14.3. The minimum absolute atomic E-state index is 0.0991. The van der Waals surface area contributed by atoms with Crippen molar-refractivity contribution in [2.45, 2.75) is 44.9 Å². The fourth-order valence-electron chi connectivity index (χ4n) is 3.29. The molecule has 0 unspecified atom stereocenters. The Hall–Kier alpha value is -1.00. The van der Waals surface area contributed by atoms with Crippen molar-refractivity contribution in [1.29, 1.82) is 0 Å². The molecule has 0 spiro atoms. The maximum Gasteiger partial charge on any atom is 0.127 e. The topological polar surface area (TPSA) is 24.1 Å². The first-order valence-corrected chi connectivity index (χ1v) is 10.5. The summed E-state index contributed by atoms with van der Waals surface area (Å²) in [7, 11) is 0. The van der Waals surface area contributed by atoms with Gasteiger partial charge in [0.1, 0.15) is 5.82 Å². The number of hydrogen-bond donors (Lipinski definition) is 2. The SMILES string of the molecule is C=C(Cc1ccc(CCCCC2CCNCC2)cc1F)NCSC. The molecular weight excluding hydrogens is 319 g/mol. The van der Waals surface area contributed by atoms with Crippen LogP contribution in [-0.2, 0) is 12.8 Å². The lowest BCUT2D eigenvalue weighted by molar-refractivity contribution is 0.344. The van der Waals surface area contributed by atoms with Gasteiger partial charge in [-0.15, -0.1) is 11.8 Å². The summed E-state index contributed by atoms with van der Waals surface area (Å²) in [5.41, 5.74) is 2.72. The fourth-order valence-corrected chi connectivity index (χ4v) is 3.64. The molecule has 0 aromatic heterocycles. The summed E-state index contributed by atoms with van der Waals surface area (Å²) < 4.78 is 14.3. The average Bonchev–Trinajstić information content (AvgIpc) is 2.60. The van der Waals surface area contributed by atoms with Crippen LogP contribution in [0.3, 0.4) is 0 Å². The van der Waals surface area contributed by atoms with Gasteiger partial charge >= 0.3 is 0 Å². The highest BCUT2D eigenvalue weighted by Crippen LogP contribution is 2.20. The summed E-state index contributed by atoms with van der Waals surface area (Å²) in [5, 5.41) is 6.61. The standard InChI is InChI=1S/C20H31FN2S/c1-16(23-15-24-2)13-19-8-7-18(14-20(19)21)6-4-3-5-17-9-11-22-12-10-17/h7-8,14,17,22-23H,1,3-6,9-13,15H2,2H3. The third-order valence-corrected chi connectivity index (χ3v) is 5.21. The summed E-state index contributed by atoms with van der Waals surface area (Å²) in [6, 6.07) is 5.70. The normalized spacial score (nSPS) is 15.4. The molecule has 4 heteroatoms. The molecule has 0 aliphatic carbocycles. The van der Waals surface area contributed by atoms with E-state index in [1.807, 2.05) is 12.3 Å². The van der Waals surface area contributed by atoms with Crippen molar-refractivity contribution in [3.05, 3.63) is 47.4 Å². The predicted molar refractivity (Wildman–Crippen MR) is 104 cm³/mol. The first-order chi connectivity index (χ1) is 11.7. The van der Waals surface area contributed by atoms with Gasteiger partial charge in [0.25, 0.3) is 0 Å². The van der Waals surface area contributed by atoms with Crippen molar-refractivity contribution in [3.8, 4) is 0 Å². The zero-order chi connectivity index (χ0) is 17.2. The van der Waals surface area contributed by atoms with Crippen molar-refractivity contribution in [2.75, 3.05) is 25.2 Å². The highest BCUT2D eigenvalue weighted by atomic mass is 32.2. The van der Waals surface area contributed by atoms with Crippen LogP contribution < -0.4 is 10.6 Å². The molecule has 24 heavy (non-hydrogen) atoms. The second kappa shape index (κ2) is 10.8. The molecule has 1 aliphatic rings. The van der Waals surface area contributed by atoms with Crippen LogP contribution in [0.25, 0.3) is 0 Å². The number of hydrogen-bond acceptors (Lipinski definition) is 3.